The summed E-state index contributed by atoms with van der Waals surface area (Å²) in [5.41, 5.74) is 0. The number of allylic oxidation sites excluding steroid dienone is 18. The zero-order valence-electron chi connectivity index (χ0n) is 47.4. The number of hydrogen-bond acceptors (Lipinski definition) is 7. The molecule has 0 radical (unpaired) electrons. The van der Waals surface area contributed by atoms with Crippen molar-refractivity contribution in [3.63, 3.8) is 0 Å². The Hall–Kier alpha value is -2.88. The lowest BCUT2D eigenvalue weighted by Gasteiger charge is -2.31. The summed E-state index contributed by atoms with van der Waals surface area (Å²) in [6, 6.07) is -1.10. The highest BCUT2D eigenvalue weighted by Gasteiger charge is 2.29. The fourth-order valence-electron chi connectivity index (χ4n) is 8.06. The average molecular weight is 1040 g/mol. The van der Waals surface area contributed by atoms with Crippen molar-refractivity contribution in [2.75, 3.05) is 40.9 Å². The van der Waals surface area contributed by atoms with E-state index in [0.717, 1.165) is 89.9 Å². The Kier molecular flexibility index (Phi) is 50.5. The highest BCUT2D eigenvalue weighted by Crippen LogP contribution is 2.38. The molecule has 3 N–H and O–H groups in total. The lowest BCUT2D eigenvalue weighted by Crippen LogP contribution is -2.51. The smallest absolute Gasteiger partial charge is 0.268 e. The molecule has 73 heavy (non-hydrogen) atoms. The lowest BCUT2D eigenvalue weighted by atomic mass is 10.0. The summed E-state index contributed by atoms with van der Waals surface area (Å²) in [5.74, 6) is -0.297. The van der Waals surface area contributed by atoms with Gasteiger partial charge in [-0.15, -0.1) is 0 Å². The number of amides is 1. The molecule has 4 atom stereocenters. The minimum Gasteiger partial charge on any atom is -0.756 e. The molecule has 0 spiro atoms. The highest BCUT2D eigenvalue weighted by atomic mass is 31.2. The molecule has 0 aliphatic carbocycles. The normalized spacial score (nSPS) is 15.1. The third-order valence-corrected chi connectivity index (χ3v) is 13.6. The molecule has 0 aliphatic rings. The number of quaternary nitrogens is 1. The molecule has 0 aromatic carbocycles. The number of carbonyl (C=O) groups excluding carboxylic acids is 1. The van der Waals surface area contributed by atoms with E-state index in [4.69, 9.17) is 9.05 Å². The molecule has 0 aromatic heterocycles. The van der Waals surface area contributed by atoms with Gasteiger partial charge in [0.25, 0.3) is 7.82 Å². The maximum Gasteiger partial charge on any atom is 0.268 e. The lowest BCUT2D eigenvalue weighted by molar-refractivity contribution is -0.870. The Morgan fingerprint density at radius 2 is 0.890 bits per heavy atom. The molecule has 0 aliphatic heterocycles. The number of nitrogens with one attached hydrogen (secondary N) is 1. The molecule has 420 valence electrons. The zero-order valence-corrected chi connectivity index (χ0v) is 48.3. The molecular weight excluding hydrogens is 928 g/mol. The van der Waals surface area contributed by atoms with Crippen LogP contribution in [0.5, 0.6) is 0 Å². The van der Waals surface area contributed by atoms with E-state index >= 15 is 0 Å². The minimum atomic E-state index is -4.69. The van der Waals surface area contributed by atoms with Crippen LogP contribution in [0.25, 0.3) is 0 Å². The Labute approximate surface area is 449 Å². The van der Waals surface area contributed by atoms with Crippen LogP contribution >= 0.6 is 7.82 Å². The highest BCUT2D eigenvalue weighted by molar-refractivity contribution is 7.45. The molecule has 0 aromatic rings. The molecule has 4 unspecified atom stereocenters. The third-order valence-electron chi connectivity index (χ3n) is 12.6. The van der Waals surface area contributed by atoms with Gasteiger partial charge < -0.3 is 34.0 Å². The third kappa shape index (κ3) is 53.7. The predicted molar refractivity (Wildman–Crippen MR) is 312 cm³/mol. The van der Waals surface area contributed by atoms with Crippen LogP contribution in [0, 0.1) is 0 Å². The number of nitrogens with zero attached hydrogens (tertiary/aromatic N) is 1. The van der Waals surface area contributed by atoms with E-state index in [9.17, 15) is 24.5 Å². The summed E-state index contributed by atoms with van der Waals surface area (Å²) in [5, 5.41) is 24.7. The molecule has 0 saturated heterocycles. The van der Waals surface area contributed by atoms with Gasteiger partial charge in [-0.3, -0.25) is 9.36 Å². The SMILES string of the molecule is C/C=C/CC/C=C/CC/C=C/CCCC(O)C(O)C(COP(=O)([O-])OCC[N+](C)(C)C)NC(=O)CCCCCCCCCCCCCCCCCCCC/C=C\C/C=C\C/C=C\C/C=C\C/C=C\C/C=C\CC. The first kappa shape index (κ1) is 70.1. The predicted octanol–water partition coefficient (Wildman–Crippen LogP) is 16.3. The fourth-order valence-corrected chi connectivity index (χ4v) is 8.79. The van der Waals surface area contributed by atoms with Gasteiger partial charge in [-0.05, 0) is 110 Å². The number of unbranched alkanes of at least 4 members (excludes halogenated alkanes) is 21. The van der Waals surface area contributed by atoms with Crippen molar-refractivity contribution in [2.24, 2.45) is 0 Å². The molecule has 0 fully saturated rings. The second-order valence-corrected chi connectivity index (χ2v) is 22.1. The summed E-state index contributed by atoms with van der Waals surface area (Å²) >= 11 is 0. The van der Waals surface area contributed by atoms with Crippen molar-refractivity contribution in [2.45, 2.75) is 244 Å². The van der Waals surface area contributed by atoms with E-state index in [0.29, 0.717) is 30.3 Å². The van der Waals surface area contributed by atoms with Crippen LogP contribution in [0.15, 0.2) is 109 Å². The van der Waals surface area contributed by atoms with E-state index in [1.165, 1.54) is 96.3 Å². The Balaban J connectivity index is 4.07. The fraction of sp³-hybridized carbons (Fsp3) is 0.698. The Morgan fingerprint density at radius 1 is 0.521 bits per heavy atom. The second kappa shape index (κ2) is 52.6. The van der Waals surface area contributed by atoms with E-state index in [1.807, 2.05) is 28.1 Å². The summed E-state index contributed by atoms with van der Waals surface area (Å²) in [6.07, 6.45) is 73.3. The number of phosphoric acid groups is 1. The van der Waals surface area contributed by atoms with Crippen LogP contribution in [-0.2, 0) is 18.4 Å². The summed E-state index contributed by atoms with van der Waals surface area (Å²) in [7, 11) is 1.08. The first-order valence-corrected chi connectivity index (χ1v) is 30.7. The van der Waals surface area contributed by atoms with Crippen LogP contribution in [0.1, 0.15) is 226 Å². The van der Waals surface area contributed by atoms with Gasteiger partial charge in [-0.25, -0.2) is 0 Å². The van der Waals surface area contributed by atoms with Crippen molar-refractivity contribution in [3.8, 4) is 0 Å². The molecule has 9 nitrogen and oxygen atoms in total. The van der Waals surface area contributed by atoms with Crippen molar-refractivity contribution in [3.05, 3.63) is 109 Å². The standard InChI is InChI=1S/C63H111N2O7P/c1-6-8-10-12-14-16-18-20-21-22-23-24-25-26-27-28-29-30-31-32-33-34-35-36-37-38-39-40-41-42-43-44-46-48-50-52-54-56-62(67)64-60(59-72-73(69,70)71-58-57-65(3,4)5)63(68)61(66)55-53-51-49-47-45-19-17-15-13-11-9-7-2/h7-10,14-17,20-21,23-24,26-27,29-30,47,49,60-61,63,66,68H,6,11-13,18-19,22,25,28,31-46,48,50-59H2,1-5H3,(H-,64,67,69,70)/b9-7+,10-8-,16-14-,17-15+,21-20-,24-23-,27-26-,30-29-,49-47+. The minimum absolute atomic E-state index is 0.0536. The maximum absolute atomic E-state index is 13.0. The number of aliphatic hydroxyl groups excluding tert-OH is 2. The van der Waals surface area contributed by atoms with Gasteiger partial charge in [-0.2, -0.15) is 0 Å². The molecule has 10 heteroatoms. The van der Waals surface area contributed by atoms with Gasteiger partial charge in [0.1, 0.15) is 19.3 Å². The zero-order chi connectivity index (χ0) is 53.6. The van der Waals surface area contributed by atoms with Gasteiger partial charge in [0.15, 0.2) is 0 Å². The number of likely N-dealkylation sites (N-methyl/N-ethyl adjacent to an activating group) is 1. The van der Waals surface area contributed by atoms with E-state index in [1.54, 1.807) is 0 Å². The van der Waals surface area contributed by atoms with Gasteiger partial charge in [0.2, 0.25) is 5.91 Å². The number of carbonyl (C=O) groups is 1. The summed E-state index contributed by atoms with van der Waals surface area (Å²) in [6.45, 7) is 4.07. The van der Waals surface area contributed by atoms with Crippen molar-refractivity contribution >= 4 is 13.7 Å². The quantitative estimate of drug-likeness (QED) is 0.0240. The second-order valence-electron chi connectivity index (χ2n) is 20.7. The molecular formula is C63H111N2O7P. The molecule has 0 saturated carbocycles. The maximum atomic E-state index is 13.0. The first-order valence-electron chi connectivity index (χ1n) is 29.3. The van der Waals surface area contributed by atoms with E-state index in [2.05, 4.69) is 122 Å². The largest absolute Gasteiger partial charge is 0.756 e. The average Bonchev–Trinajstić information content (AvgIpc) is 3.35. The summed E-state index contributed by atoms with van der Waals surface area (Å²) in [4.78, 5) is 25.5. The molecule has 0 rings (SSSR count). The van der Waals surface area contributed by atoms with E-state index < -0.39 is 32.7 Å². The van der Waals surface area contributed by atoms with Crippen LogP contribution in [0.4, 0.5) is 0 Å². The molecule has 0 heterocycles. The number of rotatable bonds is 52. The molecule has 1 amide bonds. The monoisotopic (exact) mass is 1040 g/mol. The van der Waals surface area contributed by atoms with Crippen molar-refractivity contribution < 1.29 is 38.0 Å². The van der Waals surface area contributed by atoms with Gasteiger partial charge in [-0.1, -0.05) is 219 Å². The number of hydrogen-bond donors (Lipinski definition) is 3. The van der Waals surface area contributed by atoms with Crippen LogP contribution < -0.4 is 10.2 Å². The Morgan fingerprint density at radius 3 is 1.33 bits per heavy atom. The number of aliphatic hydroxyl groups is 2. The van der Waals surface area contributed by atoms with Crippen molar-refractivity contribution in [1.82, 2.24) is 5.32 Å². The Bertz CT molecular complexity index is 1570. The van der Waals surface area contributed by atoms with Crippen LogP contribution in [0.2, 0.25) is 0 Å². The van der Waals surface area contributed by atoms with Gasteiger partial charge >= 0.3 is 0 Å². The van der Waals surface area contributed by atoms with Crippen LogP contribution in [-0.4, -0.2) is 79.8 Å². The van der Waals surface area contributed by atoms with Gasteiger partial charge in [0.05, 0.1) is 39.9 Å². The van der Waals surface area contributed by atoms with Gasteiger partial charge in [0, 0.05) is 6.42 Å². The van der Waals surface area contributed by atoms with E-state index in [-0.39, 0.29) is 18.9 Å². The molecule has 0 bridgehead atoms. The van der Waals surface area contributed by atoms with Crippen LogP contribution in [0.3, 0.4) is 0 Å². The topological polar surface area (TPSA) is 128 Å². The van der Waals surface area contributed by atoms with Crippen molar-refractivity contribution in [1.29, 1.82) is 0 Å². The summed E-state index contributed by atoms with van der Waals surface area (Å²) < 4.78 is 23.2. The number of phosphoric ester groups is 1. The first-order chi connectivity index (χ1) is 35.4.